The van der Waals surface area contributed by atoms with Crippen LogP contribution in [0.4, 0.5) is 5.69 Å². The highest BCUT2D eigenvalue weighted by Crippen LogP contribution is 2.22. The van der Waals surface area contributed by atoms with Crippen molar-refractivity contribution < 1.29 is 0 Å². The normalized spacial score (nSPS) is 10.3. The zero-order chi connectivity index (χ0) is 12.3. The first kappa shape index (κ1) is 12.5. The van der Waals surface area contributed by atoms with Gasteiger partial charge in [-0.1, -0.05) is 51.8 Å². The zero-order valence-electron chi connectivity index (χ0n) is 9.50. The minimum atomic E-state index is 0.755. The molecule has 2 rings (SSSR count). The van der Waals surface area contributed by atoms with Gasteiger partial charge in [-0.2, -0.15) is 0 Å². The summed E-state index contributed by atoms with van der Waals surface area (Å²) in [5.41, 5.74) is 3.50. The van der Waals surface area contributed by atoms with E-state index in [-0.39, 0.29) is 0 Å². The summed E-state index contributed by atoms with van der Waals surface area (Å²) >= 11 is 9.52. The summed E-state index contributed by atoms with van der Waals surface area (Å²) in [6.45, 7) is 2.85. The topological polar surface area (TPSA) is 12.0 Å². The van der Waals surface area contributed by atoms with Crippen molar-refractivity contribution >= 4 is 33.2 Å². The largest absolute Gasteiger partial charge is 0.381 e. The lowest BCUT2D eigenvalue weighted by Gasteiger charge is -2.11. The molecule has 0 heterocycles. The van der Waals surface area contributed by atoms with E-state index in [1.165, 1.54) is 11.1 Å². The van der Waals surface area contributed by atoms with Crippen molar-refractivity contribution in [2.45, 2.75) is 13.5 Å². The highest BCUT2D eigenvalue weighted by Gasteiger charge is 2.01. The average molecular weight is 311 g/mol. The van der Waals surface area contributed by atoms with Crippen LogP contribution in [0.3, 0.4) is 0 Å². The maximum atomic E-state index is 5.98. The van der Waals surface area contributed by atoms with Crippen LogP contribution in [-0.4, -0.2) is 0 Å². The van der Waals surface area contributed by atoms with Gasteiger partial charge in [0, 0.05) is 21.7 Å². The van der Waals surface area contributed by atoms with E-state index < -0.39 is 0 Å². The summed E-state index contributed by atoms with van der Waals surface area (Å²) < 4.78 is 1.12. The minimum Gasteiger partial charge on any atom is -0.381 e. The molecule has 2 aromatic rings. The van der Waals surface area contributed by atoms with Crippen LogP contribution in [0.5, 0.6) is 0 Å². The molecule has 0 bridgehead atoms. The van der Waals surface area contributed by atoms with Crippen molar-refractivity contribution in [1.82, 2.24) is 0 Å². The zero-order valence-corrected chi connectivity index (χ0v) is 11.8. The number of aryl methyl sites for hydroxylation is 1. The van der Waals surface area contributed by atoms with Gasteiger partial charge in [0.25, 0.3) is 0 Å². The first-order valence-electron chi connectivity index (χ1n) is 5.40. The Morgan fingerprint density at radius 1 is 1.18 bits per heavy atom. The van der Waals surface area contributed by atoms with Gasteiger partial charge >= 0.3 is 0 Å². The van der Waals surface area contributed by atoms with Gasteiger partial charge in [-0.25, -0.2) is 0 Å². The lowest BCUT2D eigenvalue weighted by Crippen LogP contribution is -2.01. The summed E-state index contributed by atoms with van der Waals surface area (Å²) in [6.07, 6.45) is 0. The van der Waals surface area contributed by atoms with Gasteiger partial charge in [0.15, 0.2) is 0 Å². The fourth-order valence-electron chi connectivity index (χ4n) is 1.62. The number of halogens is 2. The molecule has 0 aliphatic carbocycles. The summed E-state index contributed by atoms with van der Waals surface area (Å²) in [5, 5.41) is 4.15. The predicted molar refractivity (Wildman–Crippen MR) is 77.7 cm³/mol. The standard InChI is InChI=1S/C14H13BrClN/c1-10-6-7-12(16)8-14(10)17-9-11-4-2-3-5-13(11)15/h2-8,17H,9H2,1H3. The SMILES string of the molecule is Cc1ccc(Cl)cc1NCc1ccccc1Br. The Labute approximate surface area is 115 Å². The van der Waals surface area contributed by atoms with Crippen LogP contribution < -0.4 is 5.32 Å². The Bertz CT molecular complexity index is 525. The van der Waals surface area contributed by atoms with Crippen molar-refractivity contribution in [1.29, 1.82) is 0 Å². The molecule has 0 aromatic heterocycles. The first-order valence-corrected chi connectivity index (χ1v) is 6.57. The molecule has 0 saturated heterocycles. The molecule has 0 spiro atoms. The van der Waals surface area contributed by atoms with E-state index in [2.05, 4.69) is 34.2 Å². The molecule has 1 nitrogen and oxygen atoms in total. The maximum Gasteiger partial charge on any atom is 0.0426 e. The van der Waals surface area contributed by atoms with Crippen molar-refractivity contribution in [3.63, 3.8) is 0 Å². The van der Waals surface area contributed by atoms with E-state index in [1.807, 2.05) is 36.4 Å². The van der Waals surface area contributed by atoms with Gasteiger partial charge in [-0.15, -0.1) is 0 Å². The van der Waals surface area contributed by atoms with Gasteiger partial charge in [-0.05, 0) is 36.2 Å². The number of rotatable bonds is 3. The molecule has 0 atom stereocenters. The molecule has 0 fully saturated rings. The Balaban J connectivity index is 2.12. The number of hydrogen-bond donors (Lipinski definition) is 1. The second-order valence-corrected chi connectivity index (χ2v) is 5.19. The molecule has 0 aliphatic heterocycles. The van der Waals surface area contributed by atoms with E-state index in [4.69, 9.17) is 11.6 Å². The number of nitrogens with one attached hydrogen (secondary N) is 1. The number of anilines is 1. The Morgan fingerprint density at radius 2 is 1.94 bits per heavy atom. The van der Waals surface area contributed by atoms with Gasteiger partial charge in [-0.3, -0.25) is 0 Å². The van der Waals surface area contributed by atoms with Crippen LogP contribution in [0.25, 0.3) is 0 Å². The van der Waals surface area contributed by atoms with Gasteiger partial charge < -0.3 is 5.32 Å². The quantitative estimate of drug-likeness (QED) is 0.839. The number of benzene rings is 2. The lowest BCUT2D eigenvalue weighted by atomic mass is 10.2. The van der Waals surface area contributed by atoms with E-state index in [0.717, 1.165) is 21.7 Å². The summed E-state index contributed by atoms with van der Waals surface area (Å²) in [6, 6.07) is 14.1. The van der Waals surface area contributed by atoms with Crippen LogP contribution in [0, 0.1) is 6.92 Å². The fraction of sp³-hybridized carbons (Fsp3) is 0.143. The van der Waals surface area contributed by atoms with Crippen molar-refractivity contribution in [3.05, 3.63) is 63.1 Å². The highest BCUT2D eigenvalue weighted by molar-refractivity contribution is 9.10. The predicted octanol–water partition coefficient (Wildman–Crippen LogP) is 5.02. The molecule has 0 aliphatic rings. The molecule has 0 unspecified atom stereocenters. The second-order valence-electron chi connectivity index (χ2n) is 3.90. The third kappa shape index (κ3) is 3.24. The van der Waals surface area contributed by atoms with E-state index >= 15 is 0 Å². The van der Waals surface area contributed by atoms with E-state index in [1.54, 1.807) is 0 Å². The van der Waals surface area contributed by atoms with Crippen molar-refractivity contribution in [3.8, 4) is 0 Å². The molecule has 17 heavy (non-hydrogen) atoms. The molecule has 1 N–H and O–H groups in total. The van der Waals surface area contributed by atoms with Gasteiger partial charge in [0.1, 0.15) is 0 Å². The molecule has 3 heteroatoms. The lowest BCUT2D eigenvalue weighted by molar-refractivity contribution is 1.13. The third-order valence-electron chi connectivity index (χ3n) is 2.63. The van der Waals surface area contributed by atoms with Crippen LogP contribution in [-0.2, 0) is 6.54 Å². The molecule has 2 aromatic carbocycles. The van der Waals surface area contributed by atoms with Crippen molar-refractivity contribution in [2.75, 3.05) is 5.32 Å². The van der Waals surface area contributed by atoms with Crippen LogP contribution >= 0.6 is 27.5 Å². The summed E-state index contributed by atoms with van der Waals surface area (Å²) in [4.78, 5) is 0. The van der Waals surface area contributed by atoms with Crippen molar-refractivity contribution in [2.24, 2.45) is 0 Å². The Kier molecular flexibility index (Phi) is 4.08. The molecular weight excluding hydrogens is 298 g/mol. The third-order valence-corrected chi connectivity index (χ3v) is 3.64. The maximum absolute atomic E-state index is 5.98. The van der Waals surface area contributed by atoms with E-state index in [9.17, 15) is 0 Å². The minimum absolute atomic E-state index is 0.755. The fourth-order valence-corrected chi connectivity index (χ4v) is 2.21. The second kappa shape index (κ2) is 5.56. The number of hydrogen-bond acceptors (Lipinski definition) is 1. The molecule has 0 saturated carbocycles. The van der Waals surface area contributed by atoms with Gasteiger partial charge in [0.2, 0.25) is 0 Å². The summed E-state index contributed by atoms with van der Waals surface area (Å²) in [7, 11) is 0. The molecule has 0 radical (unpaired) electrons. The van der Waals surface area contributed by atoms with Crippen LogP contribution in [0.2, 0.25) is 5.02 Å². The highest BCUT2D eigenvalue weighted by atomic mass is 79.9. The monoisotopic (exact) mass is 309 g/mol. The molecule has 88 valence electrons. The summed E-state index contributed by atoms with van der Waals surface area (Å²) in [5.74, 6) is 0. The molecular formula is C14H13BrClN. The molecule has 0 amide bonds. The smallest absolute Gasteiger partial charge is 0.0426 e. The Morgan fingerprint density at radius 3 is 2.71 bits per heavy atom. The average Bonchev–Trinajstić information content (AvgIpc) is 2.32. The Hall–Kier alpha value is -0.990. The first-order chi connectivity index (χ1) is 8.16. The van der Waals surface area contributed by atoms with Gasteiger partial charge in [0.05, 0.1) is 0 Å². The van der Waals surface area contributed by atoms with E-state index in [0.29, 0.717) is 0 Å². The van der Waals surface area contributed by atoms with Crippen LogP contribution in [0.15, 0.2) is 46.9 Å². The van der Waals surface area contributed by atoms with Crippen LogP contribution in [0.1, 0.15) is 11.1 Å².